The molecule has 6 heteroatoms. The first-order valence-electron chi connectivity index (χ1n) is 8.44. The molecule has 3 aliphatic rings. The summed E-state index contributed by atoms with van der Waals surface area (Å²) in [5, 5.41) is 2.89. The molecule has 1 N–H and O–H groups in total. The van der Waals surface area contributed by atoms with Gasteiger partial charge in [0.25, 0.3) is 0 Å². The fraction of sp³-hybridized carbons (Fsp3) is 0.556. The molecule has 0 unspecified atom stereocenters. The van der Waals surface area contributed by atoms with Gasteiger partial charge in [0.15, 0.2) is 0 Å². The summed E-state index contributed by atoms with van der Waals surface area (Å²) in [7, 11) is 0. The van der Waals surface area contributed by atoms with Crippen molar-refractivity contribution in [2.45, 2.75) is 56.1 Å². The van der Waals surface area contributed by atoms with Crippen molar-refractivity contribution >= 4 is 11.9 Å². The minimum absolute atomic E-state index is 0.0630. The smallest absolute Gasteiger partial charge is 0.307 e. The first kappa shape index (κ1) is 15.5. The van der Waals surface area contributed by atoms with Crippen LogP contribution >= 0.6 is 0 Å². The first-order valence-corrected chi connectivity index (χ1v) is 8.44. The van der Waals surface area contributed by atoms with Crippen LogP contribution in [0.2, 0.25) is 0 Å². The molecule has 0 bridgehead atoms. The SMILES string of the molecule is O=C1C[C@@H](C(=O)NC2(c3cc(F)ccc3F)CC2)C2(CCCC2)O1. The second-order valence-electron chi connectivity index (χ2n) is 7.20. The van der Waals surface area contributed by atoms with Crippen molar-refractivity contribution in [1.82, 2.24) is 5.32 Å². The van der Waals surface area contributed by atoms with Crippen LogP contribution in [-0.2, 0) is 19.9 Å². The van der Waals surface area contributed by atoms with Gasteiger partial charge in [0.2, 0.25) is 5.91 Å². The average molecular weight is 335 g/mol. The maximum Gasteiger partial charge on any atom is 0.307 e. The fourth-order valence-electron chi connectivity index (χ4n) is 4.22. The zero-order valence-corrected chi connectivity index (χ0v) is 13.2. The van der Waals surface area contributed by atoms with Gasteiger partial charge < -0.3 is 10.1 Å². The zero-order chi connectivity index (χ0) is 16.9. The lowest BCUT2D eigenvalue weighted by Crippen LogP contribution is -2.46. The van der Waals surface area contributed by atoms with Gasteiger partial charge in [-0.3, -0.25) is 9.59 Å². The second kappa shape index (κ2) is 5.26. The summed E-state index contributed by atoms with van der Waals surface area (Å²) in [5.41, 5.74) is -1.37. The van der Waals surface area contributed by atoms with Gasteiger partial charge >= 0.3 is 5.97 Å². The Morgan fingerprint density at radius 1 is 1.17 bits per heavy atom. The topological polar surface area (TPSA) is 55.4 Å². The second-order valence-corrected chi connectivity index (χ2v) is 7.20. The molecule has 0 radical (unpaired) electrons. The first-order chi connectivity index (χ1) is 11.4. The molecule has 1 heterocycles. The highest BCUT2D eigenvalue weighted by atomic mass is 19.1. The Labute approximate surface area is 138 Å². The number of benzene rings is 1. The average Bonchev–Trinajstić information content (AvgIpc) is 3.02. The summed E-state index contributed by atoms with van der Waals surface area (Å²) < 4.78 is 33.1. The van der Waals surface area contributed by atoms with E-state index in [0.29, 0.717) is 25.7 Å². The molecule has 1 atom stereocenters. The lowest BCUT2D eigenvalue weighted by molar-refractivity contribution is -0.150. The molecule has 3 fully saturated rings. The van der Waals surface area contributed by atoms with Gasteiger partial charge in [-0.2, -0.15) is 0 Å². The van der Waals surface area contributed by atoms with Crippen LogP contribution in [0.4, 0.5) is 8.78 Å². The number of halogens is 2. The van der Waals surface area contributed by atoms with Crippen LogP contribution in [0.1, 0.15) is 50.5 Å². The highest BCUT2D eigenvalue weighted by Gasteiger charge is 2.56. The molecule has 2 aliphatic carbocycles. The van der Waals surface area contributed by atoms with E-state index in [2.05, 4.69) is 5.32 Å². The minimum Gasteiger partial charge on any atom is -0.458 e. The summed E-state index contributed by atoms with van der Waals surface area (Å²) in [6.45, 7) is 0. The number of rotatable bonds is 3. The van der Waals surface area contributed by atoms with Crippen LogP contribution in [0.25, 0.3) is 0 Å². The van der Waals surface area contributed by atoms with E-state index in [-0.39, 0.29) is 23.9 Å². The standard InChI is InChI=1S/C18H19F2NO3/c19-11-3-4-14(20)12(9-11)17(7-8-17)21-16(23)13-10-15(22)24-18(13)5-1-2-6-18/h3-4,9,13H,1-2,5-8,10H2,(H,21,23)/t13-/m0/s1. The number of carbonyl (C=O) groups excluding carboxylic acids is 2. The quantitative estimate of drug-likeness (QED) is 0.864. The summed E-state index contributed by atoms with van der Waals surface area (Å²) in [6.07, 6.45) is 4.44. The van der Waals surface area contributed by atoms with Gasteiger partial charge in [0.05, 0.1) is 17.9 Å². The predicted molar refractivity (Wildman–Crippen MR) is 80.8 cm³/mol. The number of hydrogen-bond acceptors (Lipinski definition) is 3. The number of esters is 1. The van der Waals surface area contributed by atoms with E-state index in [1.165, 1.54) is 0 Å². The maximum absolute atomic E-state index is 14.1. The third kappa shape index (κ3) is 2.39. The number of ether oxygens (including phenoxy) is 1. The van der Waals surface area contributed by atoms with Gasteiger partial charge in [-0.1, -0.05) is 0 Å². The minimum atomic E-state index is -0.852. The molecular weight excluding hydrogens is 316 g/mol. The van der Waals surface area contributed by atoms with E-state index < -0.39 is 28.7 Å². The maximum atomic E-state index is 14.1. The van der Waals surface area contributed by atoms with Crippen molar-refractivity contribution < 1.29 is 23.1 Å². The molecule has 1 amide bonds. The molecule has 1 aliphatic heterocycles. The Balaban J connectivity index is 1.58. The van der Waals surface area contributed by atoms with Crippen LogP contribution < -0.4 is 5.32 Å². The lowest BCUT2D eigenvalue weighted by Gasteiger charge is -2.29. The Bertz CT molecular complexity index is 708. The van der Waals surface area contributed by atoms with Gasteiger partial charge in [-0.05, 0) is 56.7 Å². The van der Waals surface area contributed by atoms with E-state index in [0.717, 1.165) is 31.0 Å². The Morgan fingerprint density at radius 3 is 2.54 bits per heavy atom. The van der Waals surface area contributed by atoms with E-state index in [1.54, 1.807) is 0 Å². The predicted octanol–water partition coefficient (Wildman–Crippen LogP) is 2.95. The number of amides is 1. The molecule has 2 saturated carbocycles. The Kier molecular flexibility index (Phi) is 3.41. The zero-order valence-electron chi connectivity index (χ0n) is 13.2. The van der Waals surface area contributed by atoms with Gasteiger partial charge in [0.1, 0.15) is 17.2 Å². The Hall–Kier alpha value is -1.98. The van der Waals surface area contributed by atoms with E-state index in [1.807, 2.05) is 0 Å². The van der Waals surface area contributed by atoms with Gasteiger partial charge in [-0.25, -0.2) is 8.78 Å². The molecular formula is C18H19F2NO3. The molecule has 1 spiro atoms. The summed E-state index contributed by atoms with van der Waals surface area (Å²) in [5.74, 6) is -2.23. The van der Waals surface area contributed by atoms with Crippen molar-refractivity contribution in [3.8, 4) is 0 Å². The summed E-state index contributed by atoms with van der Waals surface area (Å²) in [4.78, 5) is 24.6. The lowest BCUT2D eigenvalue weighted by atomic mass is 9.84. The van der Waals surface area contributed by atoms with Gasteiger partial charge in [0, 0.05) is 5.56 Å². The number of nitrogens with one attached hydrogen (secondary N) is 1. The number of carbonyl (C=O) groups is 2. The van der Waals surface area contributed by atoms with Gasteiger partial charge in [-0.15, -0.1) is 0 Å². The monoisotopic (exact) mass is 335 g/mol. The van der Waals surface area contributed by atoms with E-state index in [4.69, 9.17) is 4.74 Å². The van der Waals surface area contributed by atoms with E-state index in [9.17, 15) is 18.4 Å². The van der Waals surface area contributed by atoms with Crippen molar-refractivity contribution in [1.29, 1.82) is 0 Å². The third-order valence-corrected chi connectivity index (χ3v) is 5.65. The fourth-order valence-corrected chi connectivity index (χ4v) is 4.22. The van der Waals surface area contributed by atoms with Crippen molar-refractivity contribution in [3.63, 3.8) is 0 Å². The van der Waals surface area contributed by atoms with Crippen LogP contribution in [0.3, 0.4) is 0 Å². The molecule has 1 aromatic carbocycles. The molecule has 24 heavy (non-hydrogen) atoms. The molecule has 128 valence electrons. The highest BCUT2D eigenvalue weighted by Crippen LogP contribution is 2.49. The largest absolute Gasteiger partial charge is 0.458 e. The number of hydrogen-bond donors (Lipinski definition) is 1. The normalized spacial score (nSPS) is 26.4. The molecule has 0 aromatic heterocycles. The summed E-state index contributed by atoms with van der Waals surface area (Å²) >= 11 is 0. The molecule has 1 saturated heterocycles. The highest BCUT2D eigenvalue weighted by molar-refractivity contribution is 5.88. The van der Waals surface area contributed by atoms with Crippen LogP contribution in [0.5, 0.6) is 0 Å². The Morgan fingerprint density at radius 2 is 1.88 bits per heavy atom. The van der Waals surface area contributed by atoms with Crippen molar-refractivity contribution in [2.75, 3.05) is 0 Å². The third-order valence-electron chi connectivity index (χ3n) is 5.65. The molecule has 1 aromatic rings. The molecule has 4 nitrogen and oxygen atoms in total. The van der Waals surface area contributed by atoms with Crippen LogP contribution in [0, 0.1) is 17.6 Å². The van der Waals surface area contributed by atoms with Crippen molar-refractivity contribution in [3.05, 3.63) is 35.4 Å². The van der Waals surface area contributed by atoms with Crippen molar-refractivity contribution in [2.24, 2.45) is 5.92 Å². The van der Waals surface area contributed by atoms with Crippen LogP contribution in [0.15, 0.2) is 18.2 Å². The van der Waals surface area contributed by atoms with E-state index >= 15 is 0 Å². The summed E-state index contributed by atoms with van der Waals surface area (Å²) in [6, 6.07) is 3.29. The molecule has 4 rings (SSSR count). The van der Waals surface area contributed by atoms with Crippen LogP contribution in [-0.4, -0.2) is 17.5 Å².